The number of anilines is 2. The molecule has 4 aromatic heterocycles. The van der Waals surface area contributed by atoms with E-state index >= 15 is 0 Å². The van der Waals surface area contributed by atoms with Gasteiger partial charge in [0.2, 0.25) is 0 Å². The molecule has 61 heavy (non-hydrogen) atoms. The summed E-state index contributed by atoms with van der Waals surface area (Å²) in [6.07, 6.45) is 6.99. The Hall–Kier alpha value is -5.79. The van der Waals surface area contributed by atoms with Crippen LogP contribution in [-0.4, -0.2) is 50.7 Å². The van der Waals surface area contributed by atoms with Gasteiger partial charge in [0.05, 0.1) is 30.3 Å². The molecule has 0 aliphatic heterocycles. The van der Waals surface area contributed by atoms with Crippen LogP contribution >= 0.6 is 69.6 Å². The van der Waals surface area contributed by atoms with Gasteiger partial charge >= 0.3 is 0 Å². The quantitative estimate of drug-likeness (QED) is 0.112. The second kappa shape index (κ2) is 22.2. The van der Waals surface area contributed by atoms with Gasteiger partial charge in [0.1, 0.15) is 28.8 Å². The van der Waals surface area contributed by atoms with E-state index in [0.717, 1.165) is 16.3 Å². The molecule has 5 N–H and O–H groups in total. The van der Waals surface area contributed by atoms with Gasteiger partial charge in [0, 0.05) is 78.9 Å². The number of para-hydroxylation sites is 1. The van der Waals surface area contributed by atoms with Crippen LogP contribution in [0.2, 0.25) is 30.1 Å². The minimum absolute atomic E-state index is 0.0506. The maximum atomic E-state index is 11.0. The number of ether oxygens (including phenoxy) is 2. The normalized spacial score (nSPS) is 10.8. The highest BCUT2D eigenvalue weighted by Crippen LogP contribution is 2.39. The second-order valence-electron chi connectivity index (χ2n) is 12.5. The molecule has 0 fully saturated rings. The van der Waals surface area contributed by atoms with Crippen LogP contribution in [0, 0.1) is 0 Å². The molecule has 0 amide bonds. The van der Waals surface area contributed by atoms with Crippen molar-refractivity contribution in [2.24, 2.45) is 0 Å². The number of aldehydes is 1. The molecule has 8 rings (SSSR count). The van der Waals surface area contributed by atoms with Gasteiger partial charge in [-0.2, -0.15) is 0 Å². The number of rotatable bonds is 7. The third-order valence-electron chi connectivity index (χ3n) is 8.33. The van der Waals surface area contributed by atoms with Crippen molar-refractivity contribution in [1.82, 2.24) is 19.9 Å². The molecule has 8 aromatic rings. The third-order valence-corrected chi connectivity index (χ3v) is 9.62. The van der Waals surface area contributed by atoms with Crippen molar-refractivity contribution in [3.05, 3.63) is 175 Å². The number of nitrogen functional groups attached to an aromatic ring is 1. The number of nitrogens with two attached hydrogens (primary N) is 1. The van der Waals surface area contributed by atoms with Gasteiger partial charge in [-0.25, -0.2) is 9.97 Å². The Kier molecular flexibility index (Phi) is 16.8. The average Bonchev–Trinajstić information content (AvgIpc) is 3.24. The Morgan fingerprint density at radius 2 is 1.16 bits per heavy atom. The Balaban J connectivity index is 0.000000184. The van der Waals surface area contributed by atoms with Crippen molar-refractivity contribution in [2.45, 2.75) is 6.04 Å². The predicted molar refractivity (Wildman–Crippen MR) is 247 cm³/mol. The average molecular weight is 940 g/mol. The molecule has 0 saturated heterocycles. The molecule has 0 radical (unpaired) electrons. The molecule has 4 aromatic carbocycles. The van der Waals surface area contributed by atoms with Gasteiger partial charge in [-0.15, -0.1) is 0 Å². The van der Waals surface area contributed by atoms with Gasteiger partial charge in [0.15, 0.2) is 23.1 Å². The number of carbonyl (C=O) groups excluding carboxylic acids is 1. The molecular weight excluding hydrogens is 905 g/mol. The standard InChI is InChI=1S/C22H16Cl3N3O2.C9H7NO.C7H4Cl2O.C6H7ClN2O/c1-30-18-10-16(25)11-27-22(18)28-19(13-7-14(23)9-15(24)8-13)17-5-4-12-3-2-6-26-20(12)21(17)29;11-8-5-1-3-7-4-2-6-10-9(7)8;8-6-1-5(4-10)2-7(9)3-6;1-10-5-2-4(7)3-9-6(5)8/h2-11,19,29H,1H3,(H,27,28);1-6,11H;1-4H;2-3H,1H3,(H2,8,9). The molecule has 0 saturated carbocycles. The van der Waals surface area contributed by atoms with Crippen LogP contribution in [0.1, 0.15) is 27.5 Å². The lowest BCUT2D eigenvalue weighted by Gasteiger charge is -2.23. The number of nitrogens with one attached hydrogen (secondary N) is 1. The van der Waals surface area contributed by atoms with Crippen molar-refractivity contribution in [1.29, 1.82) is 0 Å². The number of hydrogen-bond donors (Lipinski definition) is 4. The van der Waals surface area contributed by atoms with E-state index in [1.807, 2.05) is 42.5 Å². The summed E-state index contributed by atoms with van der Waals surface area (Å²) in [6.45, 7) is 0. The van der Waals surface area contributed by atoms with Gasteiger partial charge in [0.25, 0.3) is 0 Å². The number of phenols is 2. The maximum absolute atomic E-state index is 11.0. The topological polar surface area (TPSA) is 166 Å². The van der Waals surface area contributed by atoms with Crippen molar-refractivity contribution < 1.29 is 24.5 Å². The summed E-state index contributed by atoms with van der Waals surface area (Å²) in [4.78, 5) is 26.7. The first-order valence-electron chi connectivity index (χ1n) is 17.7. The van der Waals surface area contributed by atoms with Gasteiger partial charge in [-0.05, 0) is 60.2 Å². The molecule has 0 bridgehead atoms. The first-order valence-corrected chi connectivity index (χ1v) is 19.9. The molecule has 1 unspecified atom stereocenters. The molecule has 1 atom stereocenters. The largest absolute Gasteiger partial charge is 0.506 e. The van der Waals surface area contributed by atoms with Crippen molar-refractivity contribution in [2.75, 3.05) is 25.3 Å². The van der Waals surface area contributed by atoms with Crippen molar-refractivity contribution in [3.8, 4) is 23.0 Å². The van der Waals surface area contributed by atoms with E-state index in [4.69, 9.17) is 84.8 Å². The highest BCUT2D eigenvalue weighted by Gasteiger charge is 2.23. The summed E-state index contributed by atoms with van der Waals surface area (Å²) in [6, 6.07) is 29.2. The minimum atomic E-state index is -0.546. The molecule has 0 aliphatic carbocycles. The Morgan fingerprint density at radius 3 is 1.74 bits per heavy atom. The van der Waals surface area contributed by atoms with Gasteiger partial charge in [-0.1, -0.05) is 106 Å². The zero-order valence-electron chi connectivity index (χ0n) is 32.0. The molecule has 0 aliphatic rings. The van der Waals surface area contributed by atoms with Crippen molar-refractivity contribution >= 4 is 109 Å². The number of phenolic OH excluding ortho intramolecular Hbond substituents is 2. The number of methoxy groups -OCH3 is 2. The number of hydrogen-bond acceptors (Lipinski definition) is 11. The van der Waals surface area contributed by atoms with Crippen LogP contribution in [0.4, 0.5) is 11.6 Å². The van der Waals surface area contributed by atoms with Crippen LogP contribution in [0.5, 0.6) is 23.0 Å². The lowest BCUT2D eigenvalue weighted by atomic mass is 9.96. The van der Waals surface area contributed by atoms with E-state index in [9.17, 15) is 15.0 Å². The fourth-order valence-electron chi connectivity index (χ4n) is 5.61. The van der Waals surface area contributed by atoms with Crippen LogP contribution in [0.3, 0.4) is 0 Å². The van der Waals surface area contributed by atoms with E-state index in [-0.39, 0.29) is 11.5 Å². The first kappa shape index (κ1) is 46.3. The lowest BCUT2D eigenvalue weighted by molar-refractivity contribution is 0.112. The van der Waals surface area contributed by atoms with Crippen LogP contribution in [0.25, 0.3) is 21.8 Å². The number of pyridine rings is 4. The molecule has 4 heterocycles. The van der Waals surface area contributed by atoms with Gasteiger partial charge < -0.3 is 30.7 Å². The molecule has 312 valence electrons. The fraction of sp³-hybridized carbons (Fsp3) is 0.0682. The summed E-state index contributed by atoms with van der Waals surface area (Å²) in [5.41, 5.74) is 8.37. The molecule has 11 nitrogen and oxygen atoms in total. The zero-order valence-corrected chi connectivity index (χ0v) is 36.6. The Morgan fingerprint density at radius 1 is 0.623 bits per heavy atom. The number of halogens is 6. The van der Waals surface area contributed by atoms with Crippen LogP contribution < -0.4 is 20.5 Å². The van der Waals surface area contributed by atoms with E-state index in [1.165, 1.54) is 26.6 Å². The van der Waals surface area contributed by atoms with E-state index in [2.05, 4.69) is 25.3 Å². The highest BCUT2D eigenvalue weighted by molar-refractivity contribution is 6.35. The highest BCUT2D eigenvalue weighted by atomic mass is 35.5. The summed E-state index contributed by atoms with van der Waals surface area (Å²) in [5, 5.41) is 28.3. The number of aromatic nitrogens is 4. The monoisotopic (exact) mass is 936 g/mol. The lowest BCUT2D eigenvalue weighted by Crippen LogP contribution is -2.14. The number of fused-ring (bicyclic) bond motifs is 2. The third kappa shape index (κ3) is 12.9. The van der Waals surface area contributed by atoms with Gasteiger partial charge in [-0.3, -0.25) is 14.8 Å². The minimum Gasteiger partial charge on any atom is -0.506 e. The summed E-state index contributed by atoms with van der Waals surface area (Å²) < 4.78 is 10.3. The fourth-order valence-corrected chi connectivity index (χ4v) is 6.99. The second-order valence-corrected chi connectivity index (χ2v) is 15.1. The van der Waals surface area contributed by atoms with Crippen LogP contribution in [-0.2, 0) is 0 Å². The smallest absolute Gasteiger partial charge is 0.169 e. The summed E-state index contributed by atoms with van der Waals surface area (Å²) >= 11 is 35.3. The summed E-state index contributed by atoms with van der Waals surface area (Å²) in [7, 11) is 3.05. The van der Waals surface area contributed by atoms with E-state index in [0.29, 0.717) is 81.7 Å². The number of benzene rings is 4. The SMILES string of the molecule is COc1cc(Cl)cnc1N.COc1cc(Cl)cnc1NC(c1cc(Cl)cc(Cl)c1)c1ccc2cccnc2c1O.O=Cc1cc(Cl)cc(Cl)c1.Oc1cccc2cccnc12. The predicted octanol–water partition coefficient (Wildman–Crippen LogP) is 12.6. The molecule has 17 heteroatoms. The number of aromatic hydroxyl groups is 2. The molecular formula is C44H34Cl6N6O5. The first-order chi connectivity index (χ1) is 29.3. The Bertz CT molecular complexity index is 2740. The zero-order chi connectivity index (χ0) is 44.1. The van der Waals surface area contributed by atoms with Crippen molar-refractivity contribution in [3.63, 3.8) is 0 Å². The summed E-state index contributed by atoms with van der Waals surface area (Å²) in [5.74, 6) is 2.06. The molecule has 0 spiro atoms. The van der Waals surface area contributed by atoms with E-state index < -0.39 is 6.04 Å². The van der Waals surface area contributed by atoms with Crippen LogP contribution in [0.15, 0.2) is 128 Å². The number of nitrogens with zero attached hydrogens (tertiary/aromatic N) is 4. The Labute approximate surface area is 380 Å². The van der Waals surface area contributed by atoms with E-state index in [1.54, 1.807) is 73.1 Å². The number of carbonyl (C=O) groups is 1. The maximum Gasteiger partial charge on any atom is 0.169 e.